The molecule has 1 aromatic heterocycles. The lowest BCUT2D eigenvalue weighted by Gasteiger charge is -2.21. The zero-order chi connectivity index (χ0) is 18.4. The molecule has 0 radical (unpaired) electrons. The number of carbonyl (C=O) groups is 1. The molecule has 0 atom stereocenters. The number of benzene rings is 1. The van der Waals surface area contributed by atoms with E-state index in [1.165, 1.54) is 0 Å². The molecule has 1 N–H and O–H groups in total. The van der Waals surface area contributed by atoms with Crippen molar-refractivity contribution >= 4 is 11.7 Å². The zero-order valence-electron chi connectivity index (χ0n) is 15.3. The van der Waals surface area contributed by atoms with Crippen molar-refractivity contribution in [3.05, 3.63) is 47.7 Å². The maximum Gasteiger partial charge on any atom is 0.255 e. The fourth-order valence-electron chi connectivity index (χ4n) is 2.91. The first-order valence-corrected chi connectivity index (χ1v) is 9.09. The minimum atomic E-state index is 0.0449. The van der Waals surface area contributed by atoms with Gasteiger partial charge in [-0.1, -0.05) is 19.9 Å². The zero-order valence-corrected chi connectivity index (χ0v) is 15.3. The van der Waals surface area contributed by atoms with Gasteiger partial charge in [0.2, 0.25) is 6.79 Å². The molecule has 0 spiro atoms. The third-order valence-corrected chi connectivity index (χ3v) is 4.20. The van der Waals surface area contributed by atoms with Crippen LogP contribution in [0.1, 0.15) is 42.6 Å². The summed E-state index contributed by atoms with van der Waals surface area (Å²) in [6.07, 6.45) is 3.55. The van der Waals surface area contributed by atoms with Crippen molar-refractivity contribution in [1.82, 2.24) is 9.88 Å². The molecule has 6 heteroatoms. The number of hydrogen-bond acceptors (Lipinski definition) is 5. The van der Waals surface area contributed by atoms with Gasteiger partial charge in [-0.05, 0) is 42.7 Å². The number of carbonyl (C=O) groups excluding carboxylic acids is 1. The Morgan fingerprint density at radius 2 is 1.88 bits per heavy atom. The SMILES string of the molecule is CCCN(CCC)C(=O)c1ccc(NCc2ccc3c(c2)OCO3)nc1. The van der Waals surface area contributed by atoms with Crippen LogP contribution in [0, 0.1) is 0 Å². The van der Waals surface area contributed by atoms with E-state index in [0.717, 1.165) is 48.8 Å². The average Bonchev–Trinajstić information content (AvgIpc) is 3.14. The molecule has 0 saturated carbocycles. The Morgan fingerprint density at radius 1 is 1.12 bits per heavy atom. The molecule has 1 amide bonds. The van der Waals surface area contributed by atoms with Crippen LogP contribution in [0.5, 0.6) is 11.5 Å². The van der Waals surface area contributed by atoms with E-state index in [4.69, 9.17) is 9.47 Å². The molecule has 0 bridgehead atoms. The summed E-state index contributed by atoms with van der Waals surface area (Å²) >= 11 is 0. The first kappa shape index (κ1) is 18.0. The summed E-state index contributed by atoms with van der Waals surface area (Å²) in [4.78, 5) is 18.8. The summed E-state index contributed by atoms with van der Waals surface area (Å²) < 4.78 is 10.7. The lowest BCUT2D eigenvalue weighted by molar-refractivity contribution is 0.0755. The number of pyridine rings is 1. The minimum absolute atomic E-state index is 0.0449. The molecule has 0 unspecified atom stereocenters. The van der Waals surface area contributed by atoms with Crippen LogP contribution >= 0.6 is 0 Å². The second-order valence-corrected chi connectivity index (χ2v) is 6.27. The Kier molecular flexibility index (Phi) is 5.94. The summed E-state index contributed by atoms with van der Waals surface area (Å²) in [5.74, 6) is 2.32. The van der Waals surface area contributed by atoms with Crippen LogP contribution in [-0.4, -0.2) is 35.7 Å². The highest BCUT2D eigenvalue weighted by Crippen LogP contribution is 2.32. The predicted molar refractivity (Wildman–Crippen MR) is 101 cm³/mol. The highest BCUT2D eigenvalue weighted by atomic mass is 16.7. The van der Waals surface area contributed by atoms with Crippen LogP contribution in [0.2, 0.25) is 0 Å². The van der Waals surface area contributed by atoms with Gasteiger partial charge in [0.1, 0.15) is 5.82 Å². The normalized spacial score (nSPS) is 12.1. The van der Waals surface area contributed by atoms with Crippen LogP contribution < -0.4 is 14.8 Å². The number of fused-ring (bicyclic) bond motifs is 1. The monoisotopic (exact) mass is 355 g/mol. The summed E-state index contributed by atoms with van der Waals surface area (Å²) in [6, 6.07) is 9.53. The second kappa shape index (κ2) is 8.56. The Hall–Kier alpha value is -2.76. The standard InChI is InChI=1S/C20H25N3O3/c1-3-9-23(10-4-2)20(24)16-6-8-19(22-13-16)21-12-15-5-7-17-18(11-15)26-14-25-17/h5-8,11,13H,3-4,9-10,12,14H2,1-2H3,(H,21,22). The van der Waals surface area contributed by atoms with E-state index in [-0.39, 0.29) is 12.7 Å². The Balaban J connectivity index is 1.59. The van der Waals surface area contributed by atoms with E-state index in [1.54, 1.807) is 6.20 Å². The van der Waals surface area contributed by atoms with E-state index >= 15 is 0 Å². The molecule has 0 aliphatic carbocycles. The van der Waals surface area contributed by atoms with Crippen molar-refractivity contribution in [3.8, 4) is 11.5 Å². The van der Waals surface area contributed by atoms with E-state index in [9.17, 15) is 4.79 Å². The number of nitrogens with one attached hydrogen (secondary N) is 1. The van der Waals surface area contributed by atoms with Gasteiger partial charge in [0, 0.05) is 25.8 Å². The molecule has 26 heavy (non-hydrogen) atoms. The predicted octanol–water partition coefficient (Wildman–Crippen LogP) is 3.68. The first-order valence-electron chi connectivity index (χ1n) is 9.09. The van der Waals surface area contributed by atoms with Crippen LogP contribution in [0.15, 0.2) is 36.5 Å². The van der Waals surface area contributed by atoms with Crippen LogP contribution in [-0.2, 0) is 6.54 Å². The number of anilines is 1. The Bertz CT molecular complexity index is 740. The molecule has 0 saturated heterocycles. The van der Waals surface area contributed by atoms with Crippen LogP contribution in [0.25, 0.3) is 0 Å². The highest BCUT2D eigenvalue weighted by molar-refractivity contribution is 5.94. The maximum atomic E-state index is 12.6. The minimum Gasteiger partial charge on any atom is -0.454 e. The number of rotatable bonds is 8. The van der Waals surface area contributed by atoms with Crippen molar-refractivity contribution < 1.29 is 14.3 Å². The van der Waals surface area contributed by atoms with Gasteiger partial charge in [0.05, 0.1) is 5.56 Å². The molecular formula is C20H25N3O3. The topological polar surface area (TPSA) is 63.7 Å². The molecule has 3 rings (SSSR count). The van der Waals surface area contributed by atoms with Gasteiger partial charge in [0.25, 0.3) is 5.91 Å². The quantitative estimate of drug-likeness (QED) is 0.782. The number of hydrogen-bond donors (Lipinski definition) is 1. The second-order valence-electron chi connectivity index (χ2n) is 6.27. The molecule has 1 aliphatic rings. The largest absolute Gasteiger partial charge is 0.454 e. The van der Waals surface area contributed by atoms with Crippen molar-refractivity contribution in [2.24, 2.45) is 0 Å². The van der Waals surface area contributed by atoms with Gasteiger partial charge < -0.3 is 19.7 Å². The molecule has 2 aromatic rings. The van der Waals surface area contributed by atoms with E-state index < -0.39 is 0 Å². The molecule has 6 nitrogen and oxygen atoms in total. The fourth-order valence-corrected chi connectivity index (χ4v) is 2.91. The highest BCUT2D eigenvalue weighted by Gasteiger charge is 2.15. The van der Waals surface area contributed by atoms with E-state index in [1.807, 2.05) is 35.2 Å². The van der Waals surface area contributed by atoms with Crippen molar-refractivity contribution in [1.29, 1.82) is 0 Å². The first-order chi connectivity index (χ1) is 12.7. The van der Waals surface area contributed by atoms with Crippen LogP contribution in [0.4, 0.5) is 5.82 Å². The number of amides is 1. The molecule has 2 heterocycles. The van der Waals surface area contributed by atoms with Gasteiger partial charge in [0.15, 0.2) is 11.5 Å². The molecule has 138 valence electrons. The fraction of sp³-hybridized carbons (Fsp3) is 0.400. The molecular weight excluding hydrogens is 330 g/mol. The summed E-state index contributed by atoms with van der Waals surface area (Å²) in [7, 11) is 0. The van der Waals surface area contributed by atoms with Gasteiger partial charge in [-0.2, -0.15) is 0 Å². The number of ether oxygens (including phenoxy) is 2. The van der Waals surface area contributed by atoms with Gasteiger partial charge in [-0.25, -0.2) is 4.98 Å². The van der Waals surface area contributed by atoms with E-state index in [2.05, 4.69) is 24.1 Å². The lowest BCUT2D eigenvalue weighted by atomic mass is 10.2. The number of nitrogens with zero attached hydrogens (tertiary/aromatic N) is 2. The third kappa shape index (κ3) is 4.25. The van der Waals surface area contributed by atoms with Gasteiger partial charge >= 0.3 is 0 Å². The Labute approximate surface area is 154 Å². The molecule has 0 fully saturated rings. The van der Waals surface area contributed by atoms with Crippen LogP contribution in [0.3, 0.4) is 0 Å². The number of aromatic nitrogens is 1. The van der Waals surface area contributed by atoms with Crippen molar-refractivity contribution in [2.45, 2.75) is 33.2 Å². The summed E-state index contributed by atoms with van der Waals surface area (Å²) in [5, 5.41) is 3.27. The van der Waals surface area contributed by atoms with Crippen molar-refractivity contribution in [3.63, 3.8) is 0 Å². The summed E-state index contributed by atoms with van der Waals surface area (Å²) in [5.41, 5.74) is 1.70. The molecule has 1 aromatic carbocycles. The lowest BCUT2D eigenvalue weighted by Crippen LogP contribution is -2.32. The van der Waals surface area contributed by atoms with Crippen molar-refractivity contribution in [2.75, 3.05) is 25.2 Å². The maximum absolute atomic E-state index is 12.6. The smallest absolute Gasteiger partial charge is 0.255 e. The van der Waals surface area contributed by atoms with E-state index in [0.29, 0.717) is 12.1 Å². The summed E-state index contributed by atoms with van der Waals surface area (Å²) in [6.45, 7) is 6.60. The van der Waals surface area contributed by atoms with Gasteiger partial charge in [-0.15, -0.1) is 0 Å². The molecule has 1 aliphatic heterocycles. The average molecular weight is 355 g/mol. The third-order valence-electron chi connectivity index (χ3n) is 4.20. The van der Waals surface area contributed by atoms with Gasteiger partial charge in [-0.3, -0.25) is 4.79 Å². The Morgan fingerprint density at radius 3 is 2.58 bits per heavy atom.